The van der Waals surface area contributed by atoms with Crippen LogP contribution in [0.5, 0.6) is 0 Å². The maximum Gasteiger partial charge on any atom is 0.320 e. The van der Waals surface area contributed by atoms with Crippen LogP contribution in [0.15, 0.2) is 24.3 Å². The molecular weight excluding hydrogens is 395 g/mol. The smallest absolute Gasteiger partial charge is 0.320 e. The Morgan fingerprint density at radius 1 is 1.35 bits per heavy atom. The molecule has 1 aromatic rings. The van der Waals surface area contributed by atoms with E-state index in [1.54, 1.807) is 6.07 Å². The molecule has 1 rings (SSSR count). The lowest BCUT2D eigenvalue weighted by Gasteiger charge is -2.13. The molecule has 0 saturated carbocycles. The number of para-hydroxylation sites is 1. The third-order valence-electron chi connectivity index (χ3n) is 2.53. The van der Waals surface area contributed by atoms with Gasteiger partial charge in [0.25, 0.3) is 0 Å². The van der Waals surface area contributed by atoms with Gasteiger partial charge in [0.05, 0.1) is 12.2 Å². The van der Waals surface area contributed by atoms with E-state index >= 15 is 0 Å². The minimum Gasteiger partial charge on any atom is -0.480 e. The van der Waals surface area contributed by atoms with Gasteiger partial charge in [0.15, 0.2) is 0 Å². The first-order chi connectivity index (χ1) is 9.04. The van der Waals surface area contributed by atoms with Crippen LogP contribution >= 0.6 is 35.0 Å². The minimum absolute atomic E-state index is 0. The first-order valence-electron chi connectivity index (χ1n) is 6.05. The highest BCUT2D eigenvalue weighted by atomic mass is 127. The predicted molar refractivity (Wildman–Crippen MR) is 89.4 cm³/mol. The van der Waals surface area contributed by atoms with Gasteiger partial charge < -0.3 is 10.4 Å². The fourth-order valence-electron chi connectivity index (χ4n) is 1.57. The second-order valence-corrected chi connectivity index (χ2v) is 5.25. The van der Waals surface area contributed by atoms with E-state index in [2.05, 4.69) is 33.2 Å². The summed E-state index contributed by atoms with van der Waals surface area (Å²) in [4.78, 5) is 22.6. The summed E-state index contributed by atoms with van der Waals surface area (Å²) in [6, 6.07) is 6.74. The number of carboxylic acid groups (broad SMARTS) is 1. The second kappa shape index (κ2) is 9.95. The van der Waals surface area contributed by atoms with Gasteiger partial charge in [0.2, 0.25) is 5.91 Å². The molecule has 20 heavy (non-hydrogen) atoms. The number of amides is 1. The first-order valence-corrected chi connectivity index (χ1v) is 7.13. The number of halogens is 2. The zero-order valence-electron chi connectivity index (χ0n) is 11.1. The highest BCUT2D eigenvalue weighted by molar-refractivity contribution is 14.1. The lowest BCUT2D eigenvalue weighted by Crippen LogP contribution is -2.41. The molecule has 7 heteroatoms. The van der Waals surface area contributed by atoms with Crippen LogP contribution in [0, 0.1) is 3.57 Å². The lowest BCUT2D eigenvalue weighted by molar-refractivity contribution is -0.139. The molecule has 0 aromatic heterocycles. The minimum atomic E-state index is -0.927. The van der Waals surface area contributed by atoms with E-state index in [-0.39, 0.29) is 24.9 Å². The number of carbonyl (C=O) groups excluding carboxylic acids is 1. The van der Waals surface area contributed by atoms with Crippen molar-refractivity contribution in [2.75, 3.05) is 11.9 Å². The summed E-state index contributed by atoms with van der Waals surface area (Å²) in [5, 5.41) is 14.4. The fourth-order valence-corrected chi connectivity index (χ4v) is 2.10. The van der Waals surface area contributed by atoms with Crippen LogP contribution in [0.4, 0.5) is 5.69 Å². The molecule has 1 aromatic carbocycles. The van der Waals surface area contributed by atoms with Crippen LogP contribution in [-0.2, 0) is 9.59 Å². The molecule has 0 aliphatic heterocycles. The number of anilines is 1. The SMILES string of the molecule is CCCC(NCC(=O)Nc1ccccc1I)C(=O)O.Cl. The van der Waals surface area contributed by atoms with Crippen LogP contribution < -0.4 is 10.6 Å². The predicted octanol–water partition coefficient (Wildman–Crippen LogP) is 2.49. The molecule has 0 saturated heterocycles. The van der Waals surface area contributed by atoms with E-state index in [4.69, 9.17) is 5.11 Å². The normalized spacial score (nSPS) is 11.3. The van der Waals surface area contributed by atoms with E-state index < -0.39 is 12.0 Å². The molecule has 1 unspecified atom stereocenters. The summed E-state index contributed by atoms with van der Waals surface area (Å²) in [5.41, 5.74) is 0.734. The van der Waals surface area contributed by atoms with Gasteiger partial charge in [-0.05, 0) is 41.1 Å². The summed E-state index contributed by atoms with van der Waals surface area (Å²) in [6.07, 6.45) is 1.26. The quantitative estimate of drug-likeness (QED) is 0.601. The van der Waals surface area contributed by atoms with Crippen molar-refractivity contribution >= 4 is 52.6 Å². The van der Waals surface area contributed by atoms with Crippen molar-refractivity contribution in [3.05, 3.63) is 27.8 Å². The van der Waals surface area contributed by atoms with Crippen LogP contribution in [0.1, 0.15) is 19.8 Å². The number of carbonyl (C=O) groups is 2. The average molecular weight is 413 g/mol. The van der Waals surface area contributed by atoms with Crippen LogP contribution in [0.2, 0.25) is 0 Å². The summed E-state index contributed by atoms with van der Waals surface area (Å²) >= 11 is 2.13. The van der Waals surface area contributed by atoms with Crippen LogP contribution in [0.3, 0.4) is 0 Å². The highest BCUT2D eigenvalue weighted by Crippen LogP contribution is 2.16. The molecule has 0 fully saturated rings. The first kappa shape index (κ1) is 19.1. The van der Waals surface area contributed by atoms with E-state index in [0.29, 0.717) is 6.42 Å². The van der Waals surface area contributed by atoms with Gasteiger partial charge in [0.1, 0.15) is 6.04 Å². The summed E-state index contributed by atoms with van der Waals surface area (Å²) in [6.45, 7) is 1.89. The number of benzene rings is 1. The van der Waals surface area contributed by atoms with Crippen LogP contribution in [0.25, 0.3) is 0 Å². The molecule has 0 aliphatic rings. The Kier molecular flexibility index (Phi) is 9.52. The number of aliphatic carboxylic acids is 1. The number of carboxylic acids is 1. The van der Waals surface area contributed by atoms with Crippen molar-refractivity contribution in [2.45, 2.75) is 25.8 Å². The molecule has 0 aliphatic carbocycles. The second-order valence-electron chi connectivity index (χ2n) is 4.09. The maximum atomic E-state index is 11.7. The molecular formula is C13H18ClIN2O3. The lowest BCUT2D eigenvalue weighted by atomic mass is 10.2. The molecule has 0 radical (unpaired) electrons. The van der Waals surface area contributed by atoms with Crippen molar-refractivity contribution in [1.82, 2.24) is 5.32 Å². The van der Waals surface area contributed by atoms with Gasteiger partial charge in [-0.1, -0.05) is 25.5 Å². The van der Waals surface area contributed by atoms with Gasteiger partial charge >= 0.3 is 5.97 Å². The average Bonchev–Trinajstić information content (AvgIpc) is 2.37. The fraction of sp³-hybridized carbons (Fsp3) is 0.385. The zero-order chi connectivity index (χ0) is 14.3. The van der Waals surface area contributed by atoms with Gasteiger partial charge in [-0.25, -0.2) is 0 Å². The molecule has 3 N–H and O–H groups in total. The van der Waals surface area contributed by atoms with E-state index in [1.165, 1.54) is 0 Å². The zero-order valence-corrected chi connectivity index (χ0v) is 14.0. The molecule has 5 nitrogen and oxygen atoms in total. The van der Waals surface area contributed by atoms with E-state index in [0.717, 1.165) is 15.7 Å². The van der Waals surface area contributed by atoms with E-state index in [9.17, 15) is 9.59 Å². The molecule has 1 atom stereocenters. The topological polar surface area (TPSA) is 78.4 Å². The van der Waals surface area contributed by atoms with Gasteiger partial charge in [0, 0.05) is 3.57 Å². The third kappa shape index (κ3) is 6.53. The molecule has 112 valence electrons. The molecule has 0 bridgehead atoms. The van der Waals surface area contributed by atoms with Crippen molar-refractivity contribution < 1.29 is 14.7 Å². The third-order valence-corrected chi connectivity index (χ3v) is 3.47. The van der Waals surface area contributed by atoms with Crippen LogP contribution in [-0.4, -0.2) is 29.6 Å². The Morgan fingerprint density at radius 3 is 2.55 bits per heavy atom. The molecule has 0 heterocycles. The van der Waals surface area contributed by atoms with Gasteiger partial charge in [-0.3, -0.25) is 14.9 Å². The Hall–Kier alpha value is -0.860. The standard InChI is InChI=1S/C13H17IN2O3.ClH/c1-2-5-11(13(18)19)15-8-12(17)16-10-7-4-3-6-9(10)14;/h3-4,6-7,11,15H,2,5,8H2,1H3,(H,16,17)(H,18,19);1H. The van der Waals surface area contributed by atoms with Gasteiger partial charge in [-0.2, -0.15) is 0 Å². The van der Waals surface area contributed by atoms with E-state index in [1.807, 2.05) is 25.1 Å². The van der Waals surface area contributed by atoms with Crippen molar-refractivity contribution in [2.24, 2.45) is 0 Å². The monoisotopic (exact) mass is 412 g/mol. The van der Waals surface area contributed by atoms with Crippen molar-refractivity contribution in [3.63, 3.8) is 0 Å². The highest BCUT2D eigenvalue weighted by Gasteiger charge is 2.16. The molecule has 0 spiro atoms. The van der Waals surface area contributed by atoms with Crippen molar-refractivity contribution in [1.29, 1.82) is 0 Å². The Morgan fingerprint density at radius 2 is 2.00 bits per heavy atom. The van der Waals surface area contributed by atoms with Crippen molar-refractivity contribution in [3.8, 4) is 0 Å². The number of nitrogens with one attached hydrogen (secondary N) is 2. The van der Waals surface area contributed by atoms with Gasteiger partial charge in [-0.15, -0.1) is 12.4 Å². The number of hydrogen-bond donors (Lipinski definition) is 3. The maximum absolute atomic E-state index is 11.7. The Labute approximate surface area is 138 Å². The largest absolute Gasteiger partial charge is 0.480 e. The summed E-state index contributed by atoms with van der Waals surface area (Å²) in [7, 11) is 0. The molecule has 1 amide bonds. The summed E-state index contributed by atoms with van der Waals surface area (Å²) in [5.74, 6) is -1.17. The number of hydrogen-bond acceptors (Lipinski definition) is 3. The Bertz CT molecular complexity index is 457. The summed E-state index contributed by atoms with van der Waals surface area (Å²) < 4.78 is 0.941. The Balaban J connectivity index is 0.00000361. The number of rotatable bonds is 7.